The third kappa shape index (κ3) is 14.9. The molecular formula is C42H66N2NiO2. The summed E-state index contributed by atoms with van der Waals surface area (Å²) in [6.07, 6.45) is 20.9. The van der Waals surface area contributed by atoms with Gasteiger partial charge in [0.05, 0.1) is 0 Å². The van der Waals surface area contributed by atoms with E-state index in [1.54, 1.807) is 4.70 Å². The summed E-state index contributed by atoms with van der Waals surface area (Å²) >= 11 is 0.968. The molecule has 0 saturated heterocycles. The van der Waals surface area contributed by atoms with Crippen molar-refractivity contribution in [3.8, 4) is 0 Å². The van der Waals surface area contributed by atoms with Gasteiger partial charge in [0.2, 0.25) is 11.4 Å². The Morgan fingerprint density at radius 1 is 0.511 bits per heavy atom. The van der Waals surface area contributed by atoms with Gasteiger partial charge in [-0.2, -0.15) is 0 Å². The fourth-order valence-corrected chi connectivity index (χ4v) is 6.37. The van der Waals surface area contributed by atoms with E-state index < -0.39 is 0 Å². The Bertz CT molecular complexity index is 1210. The predicted octanol–water partition coefficient (Wildman–Crippen LogP) is 13.2. The Morgan fingerprint density at radius 2 is 0.936 bits per heavy atom. The first kappa shape index (κ1) is 41.1. The van der Waals surface area contributed by atoms with Crippen molar-refractivity contribution in [1.29, 1.82) is 0 Å². The topological polar surface area (TPSA) is 43.8 Å². The molecule has 0 bridgehead atoms. The van der Waals surface area contributed by atoms with E-state index >= 15 is 0 Å². The fraction of sp³-hybridized carbons (Fsp3) is 0.619. The molecule has 0 atom stereocenters. The Balaban J connectivity index is 0.000000597. The number of hydrogen-bond acceptors (Lipinski definition) is 2. The van der Waals surface area contributed by atoms with Gasteiger partial charge in [-0.25, -0.2) is 4.70 Å². The summed E-state index contributed by atoms with van der Waals surface area (Å²) < 4.78 is 11.8. The second-order valence-electron chi connectivity index (χ2n) is 12.8. The molecule has 0 spiro atoms. The maximum absolute atomic E-state index is 11.8. The third-order valence-electron chi connectivity index (χ3n) is 8.66. The van der Waals surface area contributed by atoms with Crippen LogP contribution in [0.2, 0.25) is 0 Å². The summed E-state index contributed by atoms with van der Waals surface area (Å²) in [4.78, 5) is 0. The summed E-state index contributed by atoms with van der Waals surface area (Å²) in [7, 11) is 0. The molecule has 2 aromatic carbocycles. The van der Waals surface area contributed by atoms with Crippen molar-refractivity contribution in [3.63, 3.8) is 0 Å². The van der Waals surface area contributed by atoms with E-state index in [9.17, 15) is 5.53 Å². The van der Waals surface area contributed by atoms with Gasteiger partial charge in [0.25, 0.3) is 0 Å². The van der Waals surface area contributed by atoms with Gasteiger partial charge in [-0.3, -0.25) is 0 Å². The van der Waals surface area contributed by atoms with Gasteiger partial charge < -0.3 is 5.53 Å². The number of nitrogens with zero attached hydrogens (tertiary/aromatic N) is 2. The van der Waals surface area contributed by atoms with Gasteiger partial charge in [0.1, 0.15) is 0 Å². The van der Waals surface area contributed by atoms with E-state index in [-0.39, 0.29) is 0 Å². The van der Waals surface area contributed by atoms with E-state index in [1.165, 1.54) is 86.5 Å². The molecule has 0 aromatic heterocycles. The van der Waals surface area contributed by atoms with Crippen LogP contribution in [-0.2, 0) is 35.7 Å². The van der Waals surface area contributed by atoms with Crippen LogP contribution in [0.25, 0.3) is 16.9 Å². The summed E-state index contributed by atoms with van der Waals surface area (Å²) in [6.45, 7) is 14.9. The molecule has 5 heteroatoms. The Kier molecular flexibility index (Phi) is 22.6. The number of unbranched alkanes of at least 4 members (excludes halogenated alkanes) is 8. The van der Waals surface area contributed by atoms with Crippen LogP contribution in [0.3, 0.4) is 0 Å². The van der Waals surface area contributed by atoms with Crippen LogP contribution in [0, 0.1) is 0 Å². The van der Waals surface area contributed by atoms with Crippen LogP contribution in [0.4, 0.5) is 0 Å². The number of allylic oxidation sites excluding steroid dienone is 2. The molecule has 0 fully saturated rings. The van der Waals surface area contributed by atoms with Crippen molar-refractivity contribution in [1.82, 2.24) is 0 Å². The first-order valence-corrected chi connectivity index (χ1v) is 19.8. The Hall–Kier alpha value is -2.07. The first-order chi connectivity index (χ1) is 23.1. The molecule has 1 aliphatic heterocycles. The first-order valence-electron chi connectivity index (χ1n) is 19.0. The molecule has 0 aliphatic carbocycles. The second-order valence-corrected chi connectivity index (χ2v) is 13.6. The minimum atomic E-state index is 0.808. The van der Waals surface area contributed by atoms with E-state index in [2.05, 4.69) is 90.1 Å². The molecule has 47 heavy (non-hydrogen) atoms. The number of hydrogen-bond donors (Lipinski definition) is 0. The van der Waals surface area contributed by atoms with Crippen molar-refractivity contribution in [2.75, 3.05) is 13.2 Å². The average Bonchev–Trinajstić information content (AvgIpc) is 3.37. The van der Waals surface area contributed by atoms with Gasteiger partial charge in [0, 0.05) is 22.3 Å². The van der Waals surface area contributed by atoms with Crippen molar-refractivity contribution in [2.45, 2.75) is 157 Å². The SMILES string of the molecule is CCCCCCC1=C(c2cccc(CCCC)c2)[N+](=[N-])C(c2cccc(CCCC)c2)=C1CCCC.CCCC[O][Ni][O]CCCC. The van der Waals surface area contributed by atoms with E-state index in [4.69, 9.17) is 7.76 Å². The van der Waals surface area contributed by atoms with Crippen LogP contribution in [0.15, 0.2) is 59.7 Å². The number of rotatable bonds is 24. The average molecular weight is 690 g/mol. The van der Waals surface area contributed by atoms with Crippen molar-refractivity contribution in [2.24, 2.45) is 0 Å². The third-order valence-corrected chi connectivity index (χ3v) is 9.29. The van der Waals surface area contributed by atoms with E-state index in [1.807, 2.05) is 0 Å². The molecule has 4 nitrogen and oxygen atoms in total. The molecule has 1 heterocycles. The van der Waals surface area contributed by atoms with Crippen LogP contribution in [0.1, 0.15) is 167 Å². The molecule has 0 amide bonds. The molecule has 0 saturated carbocycles. The van der Waals surface area contributed by atoms with Gasteiger partial charge in [-0.1, -0.05) is 90.5 Å². The van der Waals surface area contributed by atoms with E-state index in [0.29, 0.717) is 0 Å². The fourth-order valence-electron chi connectivity index (χ4n) is 5.84. The van der Waals surface area contributed by atoms with Gasteiger partial charge in [-0.15, -0.1) is 0 Å². The van der Waals surface area contributed by atoms with Crippen molar-refractivity contribution < 1.29 is 27.5 Å². The van der Waals surface area contributed by atoms with Crippen molar-refractivity contribution >= 4 is 11.4 Å². The molecule has 0 radical (unpaired) electrons. The molecule has 2 aromatic rings. The molecule has 1 aliphatic rings. The quantitative estimate of drug-likeness (QED) is 0.0626. The summed E-state index contributed by atoms with van der Waals surface area (Å²) in [5, 5.41) is 0. The van der Waals surface area contributed by atoms with Crippen LogP contribution < -0.4 is 0 Å². The Labute approximate surface area is 295 Å². The molecule has 3 rings (SSSR count). The molecule has 266 valence electrons. The van der Waals surface area contributed by atoms with Crippen LogP contribution in [0.5, 0.6) is 0 Å². The summed E-state index contributed by atoms with van der Waals surface area (Å²) in [5.41, 5.74) is 21.6. The van der Waals surface area contributed by atoms with Crippen LogP contribution in [-0.4, -0.2) is 17.9 Å². The Morgan fingerprint density at radius 3 is 1.38 bits per heavy atom. The zero-order chi connectivity index (χ0) is 34.1. The second kappa shape index (κ2) is 25.9. The summed E-state index contributed by atoms with van der Waals surface area (Å²) in [5.74, 6) is 0. The van der Waals surface area contributed by atoms with Gasteiger partial charge >= 0.3 is 75.6 Å². The minimum absolute atomic E-state index is 0.808. The zero-order valence-corrected chi connectivity index (χ0v) is 31.8. The van der Waals surface area contributed by atoms with Crippen LogP contribution >= 0.6 is 0 Å². The number of benzene rings is 2. The maximum atomic E-state index is 11.8. The number of aryl methyl sites for hydroxylation is 2. The molecular weight excluding hydrogens is 623 g/mol. The standard InChI is InChI=1S/C34H48N2.2C4H9O.Ni/c1-5-9-13-14-24-32-31(23-12-8-4)33(29-21-15-19-27(25-29)17-10-6-2)36(35)34(32)30-22-16-20-28(26-30)18-11-7-3;2*1-2-3-4-5;/h15-16,19-22,25-26H,5-14,17-18,23-24H2,1-4H3;2*2-4H2,1H3;/q;2*-1;+2. The van der Waals surface area contributed by atoms with Gasteiger partial charge in [-0.05, 0) is 86.8 Å². The van der Waals surface area contributed by atoms with E-state index in [0.717, 1.165) is 102 Å². The zero-order valence-electron chi connectivity index (χ0n) is 30.8. The monoisotopic (exact) mass is 688 g/mol. The normalized spacial score (nSPS) is 13.1. The van der Waals surface area contributed by atoms with Crippen molar-refractivity contribution in [3.05, 3.63) is 87.5 Å². The predicted molar refractivity (Wildman–Crippen MR) is 198 cm³/mol. The molecule has 0 unspecified atom stereocenters. The summed E-state index contributed by atoms with van der Waals surface area (Å²) in [6, 6.07) is 17.8. The van der Waals surface area contributed by atoms with Gasteiger partial charge in [0.15, 0.2) is 0 Å². The molecule has 0 N–H and O–H groups in total.